The zero-order valence-electron chi connectivity index (χ0n) is 8.26. The zero-order valence-corrected chi connectivity index (χ0v) is 8.26. The van der Waals surface area contributed by atoms with Crippen molar-refractivity contribution in [2.24, 2.45) is 5.73 Å². The van der Waals surface area contributed by atoms with Crippen LogP contribution in [-0.4, -0.2) is 19.3 Å². The largest absolute Gasteiger partial charge is 0.382 e. The van der Waals surface area contributed by atoms with Crippen LogP contribution in [0.2, 0.25) is 0 Å². The third-order valence-corrected chi connectivity index (χ3v) is 1.85. The lowest BCUT2D eigenvalue weighted by Gasteiger charge is -2.14. The number of hydrogen-bond acceptors (Lipinski definition) is 2. The van der Waals surface area contributed by atoms with Crippen LogP contribution in [0.15, 0.2) is 0 Å². The molecule has 0 aromatic heterocycles. The molecule has 0 spiro atoms. The van der Waals surface area contributed by atoms with Gasteiger partial charge in [-0.15, -0.1) is 11.8 Å². The van der Waals surface area contributed by atoms with Crippen molar-refractivity contribution >= 4 is 0 Å². The van der Waals surface area contributed by atoms with Crippen molar-refractivity contribution < 1.29 is 4.74 Å². The van der Waals surface area contributed by atoms with Gasteiger partial charge in [0.2, 0.25) is 0 Å². The summed E-state index contributed by atoms with van der Waals surface area (Å²) in [6.07, 6.45) is 3.04. The molecule has 0 fully saturated rings. The van der Waals surface area contributed by atoms with Gasteiger partial charge >= 0.3 is 0 Å². The highest BCUT2D eigenvalue weighted by Gasteiger charge is 2.06. The molecule has 0 saturated heterocycles. The molecule has 0 aromatic rings. The molecule has 2 nitrogen and oxygen atoms in total. The monoisotopic (exact) mass is 169 g/mol. The Morgan fingerprint density at radius 3 is 2.67 bits per heavy atom. The van der Waals surface area contributed by atoms with Crippen LogP contribution in [0.5, 0.6) is 0 Å². The van der Waals surface area contributed by atoms with Crippen LogP contribution in [0.25, 0.3) is 0 Å². The summed E-state index contributed by atoms with van der Waals surface area (Å²) in [5.74, 6) is 5.85. The number of hydrogen-bond donors (Lipinski definition) is 1. The molecule has 12 heavy (non-hydrogen) atoms. The molecule has 0 heterocycles. The number of ether oxygens (including phenoxy) is 1. The second-order valence-corrected chi connectivity index (χ2v) is 3.01. The fraction of sp³-hybridized carbons (Fsp3) is 0.800. The summed E-state index contributed by atoms with van der Waals surface area (Å²) in [4.78, 5) is 0. The third kappa shape index (κ3) is 6.21. The van der Waals surface area contributed by atoms with Gasteiger partial charge in [0.15, 0.2) is 0 Å². The Morgan fingerprint density at radius 2 is 2.17 bits per heavy atom. The Morgan fingerprint density at radius 1 is 1.50 bits per heavy atom. The summed E-state index contributed by atoms with van der Waals surface area (Å²) >= 11 is 0. The van der Waals surface area contributed by atoms with E-state index in [0.717, 1.165) is 19.3 Å². The number of nitrogens with two attached hydrogens (primary N) is 1. The first-order valence-electron chi connectivity index (χ1n) is 4.38. The molecular formula is C10H19NO. The molecule has 2 heteroatoms. The van der Waals surface area contributed by atoms with E-state index in [9.17, 15) is 0 Å². The quantitative estimate of drug-likeness (QED) is 0.634. The molecule has 70 valence electrons. The number of methoxy groups -OCH3 is 1. The lowest BCUT2D eigenvalue weighted by Crippen LogP contribution is -2.25. The fourth-order valence-corrected chi connectivity index (χ4v) is 1.02. The molecule has 2 atom stereocenters. The van der Waals surface area contributed by atoms with Crippen LogP contribution in [0.4, 0.5) is 0 Å². The molecule has 0 aliphatic rings. The average molecular weight is 169 g/mol. The highest BCUT2D eigenvalue weighted by atomic mass is 16.5. The van der Waals surface area contributed by atoms with E-state index in [1.807, 2.05) is 13.8 Å². The van der Waals surface area contributed by atoms with E-state index >= 15 is 0 Å². The zero-order chi connectivity index (χ0) is 9.40. The van der Waals surface area contributed by atoms with E-state index < -0.39 is 0 Å². The van der Waals surface area contributed by atoms with Gasteiger partial charge in [0.1, 0.15) is 0 Å². The first-order valence-corrected chi connectivity index (χ1v) is 4.38. The van der Waals surface area contributed by atoms with Crippen molar-refractivity contribution in [1.82, 2.24) is 0 Å². The van der Waals surface area contributed by atoms with Gasteiger partial charge in [-0.3, -0.25) is 0 Å². The van der Waals surface area contributed by atoms with Crippen LogP contribution in [0, 0.1) is 11.8 Å². The number of rotatable bonds is 5. The Bertz CT molecular complexity index is 157. The summed E-state index contributed by atoms with van der Waals surface area (Å²) in [5.41, 5.74) is 5.84. The predicted molar refractivity (Wildman–Crippen MR) is 51.7 cm³/mol. The molecule has 2 unspecified atom stereocenters. The third-order valence-electron chi connectivity index (χ3n) is 1.85. The van der Waals surface area contributed by atoms with Gasteiger partial charge in [0.05, 0.1) is 6.10 Å². The first-order chi connectivity index (χ1) is 5.70. The molecule has 0 radical (unpaired) electrons. The molecular weight excluding hydrogens is 150 g/mol. The van der Waals surface area contributed by atoms with Crippen LogP contribution < -0.4 is 5.73 Å². The van der Waals surface area contributed by atoms with Gasteiger partial charge in [-0.1, -0.05) is 0 Å². The van der Waals surface area contributed by atoms with E-state index in [2.05, 4.69) is 11.8 Å². The van der Waals surface area contributed by atoms with E-state index in [4.69, 9.17) is 10.5 Å². The lowest BCUT2D eigenvalue weighted by molar-refractivity contribution is 0.104. The Labute approximate surface area is 75.5 Å². The molecule has 0 amide bonds. The molecule has 2 N–H and O–H groups in total. The van der Waals surface area contributed by atoms with Gasteiger partial charge in [-0.25, -0.2) is 0 Å². The van der Waals surface area contributed by atoms with Gasteiger partial charge in [0.25, 0.3) is 0 Å². The van der Waals surface area contributed by atoms with Crippen molar-refractivity contribution in [1.29, 1.82) is 0 Å². The predicted octanol–water partition coefficient (Wildman–Crippen LogP) is 1.54. The van der Waals surface area contributed by atoms with Gasteiger partial charge in [-0.05, 0) is 26.7 Å². The first kappa shape index (κ1) is 11.5. The van der Waals surface area contributed by atoms with Crippen LogP contribution in [0.3, 0.4) is 0 Å². The van der Waals surface area contributed by atoms with Gasteiger partial charge < -0.3 is 10.5 Å². The maximum atomic E-state index is 5.84. The van der Waals surface area contributed by atoms with Crippen LogP contribution in [0.1, 0.15) is 33.1 Å². The van der Waals surface area contributed by atoms with Crippen molar-refractivity contribution in [3.63, 3.8) is 0 Å². The average Bonchev–Trinajstić information content (AvgIpc) is 2.05. The smallest absolute Gasteiger partial charge is 0.0558 e. The minimum Gasteiger partial charge on any atom is -0.382 e. The summed E-state index contributed by atoms with van der Waals surface area (Å²) in [7, 11) is 1.71. The fourth-order valence-electron chi connectivity index (χ4n) is 1.02. The Balaban J connectivity index is 3.43. The Kier molecular flexibility index (Phi) is 6.84. The molecule has 0 rings (SSSR count). The van der Waals surface area contributed by atoms with E-state index in [1.54, 1.807) is 7.11 Å². The molecule has 0 saturated carbocycles. The summed E-state index contributed by atoms with van der Waals surface area (Å²) in [6.45, 7) is 3.88. The van der Waals surface area contributed by atoms with Crippen molar-refractivity contribution in [2.45, 2.75) is 45.3 Å². The summed E-state index contributed by atoms with van der Waals surface area (Å²) in [5, 5.41) is 0. The second kappa shape index (κ2) is 7.15. The summed E-state index contributed by atoms with van der Waals surface area (Å²) in [6, 6.07) is 0.223. The van der Waals surface area contributed by atoms with Crippen molar-refractivity contribution in [2.75, 3.05) is 7.11 Å². The summed E-state index contributed by atoms with van der Waals surface area (Å²) < 4.78 is 5.11. The van der Waals surface area contributed by atoms with E-state index in [-0.39, 0.29) is 12.1 Å². The normalized spacial score (nSPS) is 14.7. The maximum Gasteiger partial charge on any atom is 0.0558 e. The van der Waals surface area contributed by atoms with E-state index in [1.165, 1.54) is 0 Å². The molecule has 0 bridgehead atoms. The molecule has 0 aliphatic carbocycles. The highest BCUT2D eigenvalue weighted by Crippen LogP contribution is 2.04. The molecule has 0 aromatic carbocycles. The minimum absolute atomic E-state index is 0.223. The molecule has 0 aliphatic heterocycles. The maximum absolute atomic E-state index is 5.84. The van der Waals surface area contributed by atoms with Gasteiger partial charge in [-0.2, -0.15) is 0 Å². The topological polar surface area (TPSA) is 35.2 Å². The minimum atomic E-state index is 0.223. The van der Waals surface area contributed by atoms with Crippen molar-refractivity contribution in [3.05, 3.63) is 0 Å². The second-order valence-electron chi connectivity index (χ2n) is 3.01. The van der Waals surface area contributed by atoms with E-state index in [0.29, 0.717) is 0 Å². The van der Waals surface area contributed by atoms with Crippen molar-refractivity contribution in [3.8, 4) is 11.8 Å². The lowest BCUT2D eigenvalue weighted by atomic mass is 10.1. The van der Waals surface area contributed by atoms with Crippen LogP contribution in [-0.2, 0) is 4.74 Å². The van der Waals surface area contributed by atoms with Gasteiger partial charge in [0, 0.05) is 19.6 Å². The SMILES string of the molecule is CC#CCCC(N)CC(C)OC. The standard InChI is InChI=1S/C10H19NO/c1-4-5-6-7-10(11)8-9(2)12-3/h9-10H,6-8,11H2,1-3H3. The highest BCUT2D eigenvalue weighted by molar-refractivity contribution is 4.95. The van der Waals surface area contributed by atoms with Crippen LogP contribution >= 0.6 is 0 Å². The Hall–Kier alpha value is -0.520.